The van der Waals surface area contributed by atoms with Crippen LogP contribution in [-0.2, 0) is 0 Å². The fraction of sp³-hybridized carbons (Fsp3) is 0.0833. The van der Waals surface area contributed by atoms with E-state index in [1.54, 1.807) is 6.92 Å². The fourth-order valence-corrected chi connectivity index (χ4v) is 2.02. The standard InChI is InChI=1S/C12H10BrNO/c1-7(15)8-2-4-10-9(6-8)3-5-11(14)12(10)13/h2-6H,14H2,1H3. The van der Waals surface area contributed by atoms with Gasteiger partial charge >= 0.3 is 0 Å². The number of nitrogens with two attached hydrogens (primary N) is 1. The largest absolute Gasteiger partial charge is 0.398 e. The molecule has 0 bridgehead atoms. The van der Waals surface area contributed by atoms with E-state index >= 15 is 0 Å². The number of anilines is 1. The number of carbonyl (C=O) groups is 1. The Kier molecular flexibility index (Phi) is 2.49. The van der Waals surface area contributed by atoms with Crippen LogP contribution >= 0.6 is 15.9 Å². The fourth-order valence-electron chi connectivity index (χ4n) is 1.53. The molecule has 2 aromatic rings. The first-order chi connectivity index (χ1) is 7.09. The lowest BCUT2D eigenvalue weighted by Gasteiger charge is -2.05. The maximum atomic E-state index is 11.2. The summed E-state index contributed by atoms with van der Waals surface area (Å²) in [6.45, 7) is 1.56. The Hall–Kier alpha value is -1.35. The van der Waals surface area contributed by atoms with Crippen molar-refractivity contribution in [3.05, 3.63) is 40.4 Å². The minimum Gasteiger partial charge on any atom is -0.398 e. The van der Waals surface area contributed by atoms with Crippen LogP contribution in [0.5, 0.6) is 0 Å². The summed E-state index contributed by atoms with van der Waals surface area (Å²) < 4.78 is 0.884. The Bertz CT molecular complexity index is 549. The third kappa shape index (κ3) is 1.75. The number of hydrogen-bond acceptors (Lipinski definition) is 2. The van der Waals surface area contributed by atoms with Gasteiger partial charge in [0.05, 0.1) is 0 Å². The van der Waals surface area contributed by atoms with Crippen LogP contribution in [0, 0.1) is 0 Å². The van der Waals surface area contributed by atoms with E-state index in [2.05, 4.69) is 15.9 Å². The summed E-state index contributed by atoms with van der Waals surface area (Å²) in [4.78, 5) is 11.2. The number of hydrogen-bond donors (Lipinski definition) is 1. The molecule has 2 aromatic carbocycles. The SMILES string of the molecule is CC(=O)c1ccc2c(Br)c(N)ccc2c1. The molecule has 2 N–H and O–H groups in total. The van der Waals surface area contributed by atoms with Gasteiger partial charge < -0.3 is 5.73 Å². The second-order valence-corrected chi connectivity index (χ2v) is 4.25. The van der Waals surface area contributed by atoms with Crippen LogP contribution in [0.1, 0.15) is 17.3 Å². The minimum absolute atomic E-state index is 0.0739. The molecule has 0 saturated carbocycles. The number of fused-ring (bicyclic) bond motifs is 1. The molecular formula is C12H10BrNO. The van der Waals surface area contributed by atoms with Crippen molar-refractivity contribution in [1.29, 1.82) is 0 Å². The van der Waals surface area contributed by atoms with Gasteiger partial charge in [-0.3, -0.25) is 4.79 Å². The van der Waals surface area contributed by atoms with E-state index in [9.17, 15) is 4.79 Å². The molecular weight excluding hydrogens is 254 g/mol. The van der Waals surface area contributed by atoms with Crippen molar-refractivity contribution < 1.29 is 4.79 Å². The highest BCUT2D eigenvalue weighted by molar-refractivity contribution is 9.10. The zero-order valence-corrected chi connectivity index (χ0v) is 9.84. The Morgan fingerprint density at radius 3 is 2.67 bits per heavy atom. The molecule has 0 radical (unpaired) electrons. The quantitative estimate of drug-likeness (QED) is 0.633. The van der Waals surface area contributed by atoms with Crippen molar-refractivity contribution in [2.24, 2.45) is 0 Å². The smallest absolute Gasteiger partial charge is 0.159 e. The monoisotopic (exact) mass is 263 g/mol. The van der Waals surface area contributed by atoms with Crippen LogP contribution < -0.4 is 5.73 Å². The van der Waals surface area contributed by atoms with Gasteiger partial charge in [0.1, 0.15) is 0 Å². The third-order valence-electron chi connectivity index (χ3n) is 2.39. The summed E-state index contributed by atoms with van der Waals surface area (Å²) >= 11 is 3.43. The molecule has 0 aliphatic rings. The molecule has 0 atom stereocenters. The molecule has 0 saturated heterocycles. The average molecular weight is 264 g/mol. The molecule has 2 nitrogen and oxygen atoms in total. The van der Waals surface area contributed by atoms with Gasteiger partial charge in [-0.05, 0) is 45.8 Å². The Labute approximate surface area is 96.2 Å². The van der Waals surface area contributed by atoms with Crippen molar-refractivity contribution >= 4 is 38.2 Å². The zero-order valence-electron chi connectivity index (χ0n) is 8.25. The Morgan fingerprint density at radius 2 is 2.00 bits per heavy atom. The highest BCUT2D eigenvalue weighted by Crippen LogP contribution is 2.29. The number of halogens is 1. The molecule has 0 spiro atoms. The van der Waals surface area contributed by atoms with Crippen LogP contribution in [-0.4, -0.2) is 5.78 Å². The molecule has 2 rings (SSSR count). The highest BCUT2D eigenvalue weighted by atomic mass is 79.9. The van der Waals surface area contributed by atoms with E-state index in [-0.39, 0.29) is 5.78 Å². The predicted octanol–water partition coefficient (Wildman–Crippen LogP) is 3.39. The zero-order chi connectivity index (χ0) is 11.0. The van der Waals surface area contributed by atoms with Crippen LogP contribution in [0.15, 0.2) is 34.8 Å². The third-order valence-corrected chi connectivity index (χ3v) is 3.28. The molecule has 0 aliphatic carbocycles. The molecule has 0 aromatic heterocycles. The Balaban J connectivity index is 2.75. The van der Waals surface area contributed by atoms with Crippen molar-refractivity contribution in [1.82, 2.24) is 0 Å². The van der Waals surface area contributed by atoms with Crippen molar-refractivity contribution in [3.8, 4) is 0 Å². The van der Waals surface area contributed by atoms with Crippen molar-refractivity contribution in [2.45, 2.75) is 6.92 Å². The van der Waals surface area contributed by atoms with Crippen LogP contribution in [0.2, 0.25) is 0 Å². The van der Waals surface area contributed by atoms with E-state index < -0.39 is 0 Å². The minimum atomic E-state index is 0.0739. The molecule has 0 fully saturated rings. The normalized spacial score (nSPS) is 10.5. The van der Waals surface area contributed by atoms with Gasteiger partial charge in [-0.1, -0.05) is 18.2 Å². The highest BCUT2D eigenvalue weighted by Gasteiger charge is 2.05. The summed E-state index contributed by atoms with van der Waals surface area (Å²) in [7, 11) is 0. The molecule has 0 unspecified atom stereocenters. The van der Waals surface area contributed by atoms with E-state index in [4.69, 9.17) is 5.73 Å². The van der Waals surface area contributed by atoms with Gasteiger partial charge in [0.15, 0.2) is 5.78 Å². The summed E-state index contributed by atoms with van der Waals surface area (Å²) in [5, 5.41) is 2.05. The van der Waals surface area contributed by atoms with Crippen LogP contribution in [0.25, 0.3) is 10.8 Å². The number of carbonyl (C=O) groups excluding carboxylic acids is 1. The van der Waals surface area contributed by atoms with Crippen molar-refractivity contribution in [2.75, 3.05) is 5.73 Å². The molecule has 0 heterocycles. The summed E-state index contributed by atoms with van der Waals surface area (Å²) in [6.07, 6.45) is 0. The second-order valence-electron chi connectivity index (χ2n) is 3.46. The first-order valence-corrected chi connectivity index (χ1v) is 5.37. The van der Waals surface area contributed by atoms with Gasteiger partial charge in [-0.15, -0.1) is 0 Å². The average Bonchev–Trinajstić information content (AvgIpc) is 2.23. The lowest BCUT2D eigenvalue weighted by atomic mass is 10.0. The summed E-state index contributed by atoms with van der Waals surface area (Å²) in [5.41, 5.74) is 7.20. The number of benzene rings is 2. The number of nitrogen functional groups attached to an aromatic ring is 1. The van der Waals surface area contributed by atoms with Gasteiger partial charge in [-0.25, -0.2) is 0 Å². The van der Waals surface area contributed by atoms with Crippen molar-refractivity contribution in [3.63, 3.8) is 0 Å². The van der Waals surface area contributed by atoms with E-state index in [1.165, 1.54) is 0 Å². The van der Waals surface area contributed by atoms with Gasteiger partial charge in [-0.2, -0.15) is 0 Å². The lowest BCUT2D eigenvalue weighted by molar-refractivity contribution is 0.101. The van der Waals surface area contributed by atoms with Gasteiger partial charge in [0.2, 0.25) is 0 Å². The number of rotatable bonds is 1. The maximum Gasteiger partial charge on any atom is 0.159 e. The van der Waals surface area contributed by atoms with Crippen LogP contribution in [0.4, 0.5) is 5.69 Å². The molecule has 76 valence electrons. The molecule has 0 amide bonds. The molecule has 3 heteroatoms. The first-order valence-electron chi connectivity index (χ1n) is 4.58. The topological polar surface area (TPSA) is 43.1 Å². The second kappa shape index (κ2) is 3.66. The Morgan fingerprint density at radius 1 is 1.27 bits per heavy atom. The summed E-state index contributed by atoms with van der Waals surface area (Å²) in [6, 6.07) is 9.35. The molecule has 15 heavy (non-hydrogen) atoms. The lowest BCUT2D eigenvalue weighted by Crippen LogP contribution is -1.92. The summed E-state index contributed by atoms with van der Waals surface area (Å²) in [5.74, 6) is 0.0739. The predicted molar refractivity (Wildman–Crippen MR) is 66.1 cm³/mol. The van der Waals surface area contributed by atoms with Crippen LogP contribution in [0.3, 0.4) is 0 Å². The number of Topliss-reactive ketones (excluding diaryl/α,β-unsaturated/α-hetero) is 1. The van der Waals surface area contributed by atoms with E-state index in [1.807, 2.05) is 30.3 Å². The maximum absolute atomic E-state index is 11.2. The first kappa shape index (κ1) is 10.2. The number of ketones is 1. The van der Waals surface area contributed by atoms with Gasteiger partial charge in [0, 0.05) is 15.7 Å². The van der Waals surface area contributed by atoms with Gasteiger partial charge in [0.25, 0.3) is 0 Å². The van der Waals surface area contributed by atoms with E-state index in [0.717, 1.165) is 20.8 Å². The molecule has 0 aliphatic heterocycles. The van der Waals surface area contributed by atoms with E-state index in [0.29, 0.717) is 5.69 Å².